The lowest BCUT2D eigenvalue weighted by molar-refractivity contribution is 0.161. The summed E-state index contributed by atoms with van der Waals surface area (Å²) in [5, 5.41) is 3.67. The van der Waals surface area contributed by atoms with E-state index in [1.807, 2.05) is 0 Å². The SMILES string of the molecule is CCCCCN1CCC(C2CCCN2)CC1. The van der Waals surface area contributed by atoms with Gasteiger partial charge in [0.1, 0.15) is 0 Å². The minimum atomic E-state index is 0.859. The molecule has 2 heteroatoms. The molecule has 16 heavy (non-hydrogen) atoms. The third-order valence-corrected chi connectivity index (χ3v) is 4.38. The van der Waals surface area contributed by atoms with E-state index in [1.54, 1.807) is 0 Å². The number of nitrogens with one attached hydrogen (secondary N) is 1. The first kappa shape index (κ1) is 12.4. The van der Waals surface area contributed by atoms with Crippen molar-refractivity contribution in [2.75, 3.05) is 26.2 Å². The molecule has 0 saturated carbocycles. The summed E-state index contributed by atoms with van der Waals surface area (Å²) < 4.78 is 0. The van der Waals surface area contributed by atoms with E-state index in [0.717, 1.165) is 12.0 Å². The predicted octanol–water partition coefficient (Wildman–Crippen LogP) is 2.64. The molecular formula is C14H28N2. The smallest absolute Gasteiger partial charge is 0.00967 e. The van der Waals surface area contributed by atoms with Crippen molar-refractivity contribution in [1.82, 2.24) is 10.2 Å². The predicted molar refractivity (Wildman–Crippen MR) is 69.7 cm³/mol. The van der Waals surface area contributed by atoms with Gasteiger partial charge in [0.2, 0.25) is 0 Å². The lowest BCUT2D eigenvalue weighted by atomic mass is 9.88. The van der Waals surface area contributed by atoms with Crippen LogP contribution in [0.15, 0.2) is 0 Å². The van der Waals surface area contributed by atoms with Gasteiger partial charge in [0, 0.05) is 6.04 Å². The lowest BCUT2D eigenvalue weighted by Gasteiger charge is -2.34. The van der Waals surface area contributed by atoms with E-state index in [9.17, 15) is 0 Å². The fourth-order valence-electron chi connectivity index (χ4n) is 3.28. The normalized spacial score (nSPS) is 28.7. The number of hydrogen-bond donors (Lipinski definition) is 1. The molecule has 2 rings (SSSR count). The molecule has 0 aromatic carbocycles. The lowest BCUT2D eigenvalue weighted by Crippen LogP contribution is -2.41. The van der Waals surface area contributed by atoms with Crippen LogP contribution in [-0.4, -0.2) is 37.1 Å². The topological polar surface area (TPSA) is 15.3 Å². The number of unbranched alkanes of at least 4 members (excludes halogenated alkanes) is 2. The summed E-state index contributed by atoms with van der Waals surface area (Å²) in [6.45, 7) is 7.61. The Bertz CT molecular complexity index is 179. The molecule has 0 spiro atoms. The van der Waals surface area contributed by atoms with Crippen molar-refractivity contribution in [3.8, 4) is 0 Å². The molecule has 0 aromatic heterocycles. The van der Waals surface area contributed by atoms with Crippen molar-refractivity contribution < 1.29 is 0 Å². The summed E-state index contributed by atoms with van der Waals surface area (Å²) >= 11 is 0. The van der Waals surface area contributed by atoms with Crippen molar-refractivity contribution >= 4 is 0 Å². The van der Waals surface area contributed by atoms with Crippen molar-refractivity contribution in [2.24, 2.45) is 5.92 Å². The quantitative estimate of drug-likeness (QED) is 0.722. The average Bonchev–Trinajstić information content (AvgIpc) is 2.84. The number of nitrogens with zero attached hydrogens (tertiary/aromatic N) is 1. The van der Waals surface area contributed by atoms with Crippen LogP contribution in [-0.2, 0) is 0 Å². The summed E-state index contributed by atoms with van der Waals surface area (Å²) in [5.41, 5.74) is 0. The van der Waals surface area contributed by atoms with Crippen LogP contribution >= 0.6 is 0 Å². The van der Waals surface area contributed by atoms with Crippen LogP contribution < -0.4 is 5.32 Å². The Kier molecular flexibility index (Phi) is 5.11. The molecule has 2 aliphatic heterocycles. The van der Waals surface area contributed by atoms with Crippen LogP contribution in [0.5, 0.6) is 0 Å². The van der Waals surface area contributed by atoms with Crippen molar-refractivity contribution in [1.29, 1.82) is 0 Å². The zero-order valence-electron chi connectivity index (χ0n) is 10.9. The van der Waals surface area contributed by atoms with E-state index in [4.69, 9.17) is 0 Å². The third kappa shape index (κ3) is 3.46. The van der Waals surface area contributed by atoms with Crippen LogP contribution in [0.2, 0.25) is 0 Å². The fourth-order valence-corrected chi connectivity index (χ4v) is 3.28. The zero-order valence-corrected chi connectivity index (χ0v) is 10.9. The molecule has 2 nitrogen and oxygen atoms in total. The molecule has 0 amide bonds. The minimum absolute atomic E-state index is 0.859. The van der Waals surface area contributed by atoms with E-state index in [2.05, 4.69) is 17.1 Å². The van der Waals surface area contributed by atoms with Crippen LogP contribution in [0, 0.1) is 5.92 Å². The monoisotopic (exact) mass is 224 g/mol. The largest absolute Gasteiger partial charge is 0.314 e. The Morgan fingerprint density at radius 2 is 1.94 bits per heavy atom. The van der Waals surface area contributed by atoms with Gasteiger partial charge in [0.25, 0.3) is 0 Å². The molecule has 1 unspecified atom stereocenters. The summed E-state index contributed by atoms with van der Waals surface area (Å²) in [7, 11) is 0. The molecule has 2 heterocycles. The zero-order chi connectivity index (χ0) is 11.2. The van der Waals surface area contributed by atoms with Gasteiger partial charge in [-0.15, -0.1) is 0 Å². The standard InChI is InChI=1S/C14H28N2/c1-2-3-4-10-16-11-7-13(8-12-16)14-6-5-9-15-14/h13-15H,2-12H2,1H3. The van der Waals surface area contributed by atoms with Gasteiger partial charge in [-0.3, -0.25) is 0 Å². The second kappa shape index (κ2) is 6.61. The molecule has 0 aromatic rings. The molecule has 1 atom stereocenters. The molecule has 1 N–H and O–H groups in total. The molecule has 2 saturated heterocycles. The van der Waals surface area contributed by atoms with E-state index in [1.165, 1.54) is 71.1 Å². The maximum absolute atomic E-state index is 3.67. The Hall–Kier alpha value is -0.0800. The molecular weight excluding hydrogens is 196 g/mol. The van der Waals surface area contributed by atoms with Crippen LogP contribution in [0.25, 0.3) is 0 Å². The maximum atomic E-state index is 3.67. The van der Waals surface area contributed by atoms with E-state index in [-0.39, 0.29) is 0 Å². The Labute approximate surface area is 101 Å². The van der Waals surface area contributed by atoms with E-state index >= 15 is 0 Å². The van der Waals surface area contributed by atoms with Gasteiger partial charge in [0.15, 0.2) is 0 Å². The Morgan fingerprint density at radius 3 is 2.56 bits per heavy atom. The highest BCUT2D eigenvalue weighted by Crippen LogP contribution is 2.25. The molecule has 0 radical (unpaired) electrons. The van der Waals surface area contributed by atoms with Crippen molar-refractivity contribution in [3.63, 3.8) is 0 Å². The summed E-state index contributed by atoms with van der Waals surface area (Å²) in [5.74, 6) is 0.977. The summed E-state index contributed by atoms with van der Waals surface area (Å²) in [6, 6.07) is 0.859. The third-order valence-electron chi connectivity index (χ3n) is 4.38. The second-order valence-electron chi connectivity index (χ2n) is 5.59. The highest BCUT2D eigenvalue weighted by molar-refractivity contribution is 4.85. The maximum Gasteiger partial charge on any atom is 0.00967 e. The van der Waals surface area contributed by atoms with Crippen molar-refractivity contribution in [3.05, 3.63) is 0 Å². The summed E-state index contributed by atoms with van der Waals surface area (Å²) in [4.78, 5) is 2.68. The minimum Gasteiger partial charge on any atom is -0.314 e. The highest BCUT2D eigenvalue weighted by atomic mass is 15.1. The molecule has 2 aliphatic rings. The highest BCUT2D eigenvalue weighted by Gasteiger charge is 2.27. The van der Waals surface area contributed by atoms with Crippen LogP contribution in [0.4, 0.5) is 0 Å². The summed E-state index contributed by atoms with van der Waals surface area (Å²) in [6.07, 6.45) is 9.87. The van der Waals surface area contributed by atoms with Gasteiger partial charge in [-0.2, -0.15) is 0 Å². The molecule has 2 fully saturated rings. The van der Waals surface area contributed by atoms with E-state index < -0.39 is 0 Å². The van der Waals surface area contributed by atoms with E-state index in [0.29, 0.717) is 0 Å². The van der Waals surface area contributed by atoms with Crippen LogP contribution in [0.3, 0.4) is 0 Å². The van der Waals surface area contributed by atoms with Crippen LogP contribution in [0.1, 0.15) is 51.9 Å². The number of piperidine rings is 1. The average molecular weight is 224 g/mol. The van der Waals surface area contributed by atoms with Gasteiger partial charge in [-0.1, -0.05) is 19.8 Å². The fraction of sp³-hybridized carbons (Fsp3) is 1.00. The first-order valence-corrected chi connectivity index (χ1v) is 7.36. The number of rotatable bonds is 5. The van der Waals surface area contributed by atoms with Gasteiger partial charge in [0.05, 0.1) is 0 Å². The number of likely N-dealkylation sites (tertiary alicyclic amines) is 1. The Morgan fingerprint density at radius 1 is 1.12 bits per heavy atom. The first-order valence-electron chi connectivity index (χ1n) is 7.36. The van der Waals surface area contributed by atoms with Gasteiger partial charge in [-0.05, 0) is 64.2 Å². The Balaban J connectivity index is 1.62. The number of hydrogen-bond acceptors (Lipinski definition) is 2. The second-order valence-corrected chi connectivity index (χ2v) is 5.59. The molecule has 94 valence electrons. The van der Waals surface area contributed by atoms with Gasteiger partial charge < -0.3 is 10.2 Å². The van der Waals surface area contributed by atoms with Gasteiger partial charge in [-0.25, -0.2) is 0 Å². The molecule has 0 bridgehead atoms. The first-order chi connectivity index (χ1) is 7.90. The van der Waals surface area contributed by atoms with Crippen molar-refractivity contribution in [2.45, 2.75) is 57.9 Å². The molecule has 0 aliphatic carbocycles. The van der Waals surface area contributed by atoms with Gasteiger partial charge >= 0.3 is 0 Å².